The number of aromatic nitrogens is 1. The van der Waals surface area contributed by atoms with E-state index < -0.39 is 0 Å². The van der Waals surface area contributed by atoms with E-state index in [1.807, 2.05) is 26.0 Å². The zero-order valence-corrected chi connectivity index (χ0v) is 15.2. The Morgan fingerprint density at radius 3 is 2.58 bits per heavy atom. The van der Waals surface area contributed by atoms with Crippen molar-refractivity contribution in [3.8, 4) is 5.75 Å². The Morgan fingerprint density at radius 1 is 1.25 bits per heavy atom. The monoisotopic (exact) mass is 328 g/mol. The first-order valence-electron chi connectivity index (χ1n) is 9.02. The average Bonchev–Trinajstić information content (AvgIpc) is 2.85. The van der Waals surface area contributed by atoms with Crippen LogP contribution in [0.15, 0.2) is 18.2 Å². The second kappa shape index (κ2) is 6.88. The molecule has 0 radical (unpaired) electrons. The maximum atomic E-state index is 12.8. The fourth-order valence-electron chi connectivity index (χ4n) is 3.98. The van der Waals surface area contributed by atoms with Crippen LogP contribution < -0.4 is 10.1 Å². The van der Waals surface area contributed by atoms with Crippen molar-refractivity contribution in [2.45, 2.75) is 65.0 Å². The Labute approximate surface area is 144 Å². The van der Waals surface area contributed by atoms with Gasteiger partial charge in [0.2, 0.25) is 0 Å². The molecule has 0 aliphatic heterocycles. The lowest BCUT2D eigenvalue weighted by Gasteiger charge is -2.26. The summed E-state index contributed by atoms with van der Waals surface area (Å²) in [4.78, 5) is 12.8. The van der Waals surface area contributed by atoms with E-state index in [9.17, 15) is 4.79 Å². The second-order valence-electron chi connectivity index (χ2n) is 7.13. The molecular weight excluding hydrogens is 300 g/mol. The summed E-state index contributed by atoms with van der Waals surface area (Å²) in [5.41, 5.74) is 3.01. The minimum absolute atomic E-state index is 0.00955. The predicted octanol–water partition coefficient (Wildman–Crippen LogP) is 4.60. The number of fused-ring (bicyclic) bond motifs is 1. The Kier molecular flexibility index (Phi) is 4.83. The van der Waals surface area contributed by atoms with E-state index in [1.54, 1.807) is 7.11 Å². The highest BCUT2D eigenvalue weighted by Gasteiger charge is 2.25. The van der Waals surface area contributed by atoms with Gasteiger partial charge in [-0.05, 0) is 51.8 Å². The number of hydrogen-bond acceptors (Lipinski definition) is 2. The maximum Gasteiger partial charge on any atom is 0.253 e. The first-order valence-corrected chi connectivity index (χ1v) is 9.02. The molecule has 1 aromatic heterocycles. The van der Waals surface area contributed by atoms with Crippen molar-refractivity contribution in [1.29, 1.82) is 0 Å². The normalized spacial score (nSPS) is 15.9. The Balaban J connectivity index is 2.17. The van der Waals surface area contributed by atoms with Gasteiger partial charge in [0.25, 0.3) is 5.91 Å². The smallest absolute Gasteiger partial charge is 0.253 e. The Hall–Kier alpha value is -1.97. The van der Waals surface area contributed by atoms with E-state index in [4.69, 9.17) is 4.74 Å². The standard InChI is InChI=1S/C20H28N2O2/c1-13(2)21-20(23)19-14(3)22(15-8-6-5-7-9-15)18-11-10-16(24-4)12-17(18)19/h10-13,15H,5-9H2,1-4H3,(H,21,23). The predicted molar refractivity (Wildman–Crippen MR) is 98.0 cm³/mol. The zero-order chi connectivity index (χ0) is 17.3. The molecule has 1 amide bonds. The highest BCUT2D eigenvalue weighted by Crippen LogP contribution is 2.37. The quantitative estimate of drug-likeness (QED) is 0.891. The van der Waals surface area contributed by atoms with Crippen LogP contribution in [0.1, 0.15) is 68.0 Å². The Morgan fingerprint density at radius 2 is 1.96 bits per heavy atom. The van der Waals surface area contributed by atoms with Crippen molar-refractivity contribution in [3.05, 3.63) is 29.5 Å². The maximum absolute atomic E-state index is 12.8. The summed E-state index contributed by atoms with van der Waals surface area (Å²) >= 11 is 0. The fraction of sp³-hybridized carbons (Fsp3) is 0.550. The third-order valence-electron chi connectivity index (χ3n) is 5.04. The lowest BCUT2D eigenvalue weighted by molar-refractivity contribution is 0.0943. The van der Waals surface area contributed by atoms with Crippen LogP contribution in [-0.4, -0.2) is 23.6 Å². The van der Waals surface area contributed by atoms with Crippen LogP contribution in [0.25, 0.3) is 10.9 Å². The minimum atomic E-state index is 0.00955. The van der Waals surface area contributed by atoms with Crippen LogP contribution in [0.4, 0.5) is 0 Å². The minimum Gasteiger partial charge on any atom is -0.497 e. The summed E-state index contributed by atoms with van der Waals surface area (Å²) in [6.07, 6.45) is 6.26. The molecule has 1 saturated carbocycles. The van der Waals surface area contributed by atoms with Crippen LogP contribution in [0.3, 0.4) is 0 Å². The van der Waals surface area contributed by atoms with Crippen LogP contribution in [0, 0.1) is 6.92 Å². The van der Waals surface area contributed by atoms with Gasteiger partial charge in [-0.25, -0.2) is 0 Å². The molecule has 0 atom stereocenters. The second-order valence-corrected chi connectivity index (χ2v) is 7.13. The van der Waals surface area contributed by atoms with Crippen LogP contribution in [0.5, 0.6) is 5.75 Å². The third-order valence-corrected chi connectivity index (χ3v) is 5.04. The topological polar surface area (TPSA) is 43.3 Å². The number of carbonyl (C=O) groups excluding carboxylic acids is 1. The molecule has 0 saturated heterocycles. The van der Waals surface area contributed by atoms with E-state index >= 15 is 0 Å². The number of benzene rings is 1. The molecule has 3 rings (SSSR count). The van der Waals surface area contributed by atoms with Gasteiger partial charge in [0.15, 0.2) is 0 Å². The first-order chi connectivity index (χ1) is 11.5. The number of nitrogens with one attached hydrogen (secondary N) is 1. The molecule has 130 valence electrons. The summed E-state index contributed by atoms with van der Waals surface area (Å²) in [5, 5.41) is 4.05. The molecule has 1 aliphatic carbocycles. The summed E-state index contributed by atoms with van der Waals surface area (Å²) < 4.78 is 7.78. The summed E-state index contributed by atoms with van der Waals surface area (Å²) in [6, 6.07) is 6.70. The zero-order valence-electron chi connectivity index (χ0n) is 15.2. The van der Waals surface area contributed by atoms with E-state index in [1.165, 1.54) is 32.1 Å². The van der Waals surface area contributed by atoms with Gasteiger partial charge >= 0.3 is 0 Å². The number of methoxy groups -OCH3 is 1. The van der Waals surface area contributed by atoms with Gasteiger partial charge < -0.3 is 14.6 Å². The summed E-state index contributed by atoms with van der Waals surface area (Å²) in [5.74, 6) is 0.803. The first kappa shape index (κ1) is 16.9. The van der Waals surface area contributed by atoms with Crippen molar-refractivity contribution in [2.75, 3.05) is 7.11 Å². The number of hydrogen-bond donors (Lipinski definition) is 1. The van der Waals surface area contributed by atoms with Gasteiger partial charge in [-0.3, -0.25) is 4.79 Å². The molecule has 0 unspecified atom stereocenters. The number of carbonyl (C=O) groups is 1. The van der Waals surface area contributed by atoms with E-state index in [0.717, 1.165) is 27.9 Å². The number of nitrogens with zero attached hydrogens (tertiary/aromatic N) is 1. The highest BCUT2D eigenvalue weighted by atomic mass is 16.5. The molecular formula is C20H28N2O2. The van der Waals surface area contributed by atoms with Crippen molar-refractivity contribution in [2.24, 2.45) is 0 Å². The van der Waals surface area contributed by atoms with Gasteiger partial charge in [-0.1, -0.05) is 19.3 Å². The lowest BCUT2D eigenvalue weighted by atomic mass is 9.95. The molecule has 0 bridgehead atoms. The lowest BCUT2D eigenvalue weighted by Crippen LogP contribution is -2.30. The van der Waals surface area contributed by atoms with Gasteiger partial charge in [-0.2, -0.15) is 0 Å². The number of ether oxygens (including phenoxy) is 1. The largest absolute Gasteiger partial charge is 0.497 e. The molecule has 4 heteroatoms. The Bertz CT molecular complexity index is 740. The van der Waals surface area contributed by atoms with Crippen molar-refractivity contribution >= 4 is 16.8 Å². The van der Waals surface area contributed by atoms with Gasteiger partial charge in [0, 0.05) is 28.7 Å². The molecule has 1 aliphatic rings. The van der Waals surface area contributed by atoms with E-state index in [-0.39, 0.29) is 11.9 Å². The third kappa shape index (κ3) is 3.02. The molecule has 4 nitrogen and oxygen atoms in total. The fourth-order valence-corrected chi connectivity index (χ4v) is 3.98. The number of rotatable bonds is 4. The molecule has 1 aromatic carbocycles. The molecule has 1 N–H and O–H groups in total. The van der Waals surface area contributed by atoms with Crippen LogP contribution in [-0.2, 0) is 0 Å². The summed E-state index contributed by atoms with van der Waals surface area (Å²) in [7, 11) is 1.67. The molecule has 0 spiro atoms. The van der Waals surface area contributed by atoms with Crippen LogP contribution >= 0.6 is 0 Å². The van der Waals surface area contributed by atoms with E-state index in [2.05, 4.69) is 22.9 Å². The van der Waals surface area contributed by atoms with Gasteiger partial charge in [0.05, 0.1) is 12.7 Å². The van der Waals surface area contributed by atoms with Crippen molar-refractivity contribution in [1.82, 2.24) is 9.88 Å². The van der Waals surface area contributed by atoms with E-state index in [0.29, 0.717) is 6.04 Å². The molecule has 1 fully saturated rings. The molecule has 24 heavy (non-hydrogen) atoms. The van der Waals surface area contributed by atoms with Crippen LogP contribution in [0.2, 0.25) is 0 Å². The van der Waals surface area contributed by atoms with Gasteiger partial charge in [0.1, 0.15) is 5.75 Å². The SMILES string of the molecule is COc1ccc2c(c1)c(C(=O)NC(C)C)c(C)n2C1CCCCC1. The average molecular weight is 328 g/mol. The highest BCUT2D eigenvalue weighted by molar-refractivity contribution is 6.09. The molecule has 1 heterocycles. The van der Waals surface area contributed by atoms with Crippen molar-refractivity contribution in [3.63, 3.8) is 0 Å². The number of amides is 1. The van der Waals surface area contributed by atoms with Gasteiger partial charge in [-0.15, -0.1) is 0 Å². The van der Waals surface area contributed by atoms with Crippen molar-refractivity contribution < 1.29 is 9.53 Å². The molecule has 2 aromatic rings. The summed E-state index contributed by atoms with van der Waals surface area (Å²) in [6.45, 7) is 6.07.